The number of halogens is 1. The molecule has 1 aromatic heterocycles. The lowest BCUT2D eigenvalue weighted by Gasteiger charge is -2.28. The molecule has 31 heavy (non-hydrogen) atoms. The van der Waals surface area contributed by atoms with Gasteiger partial charge in [0.25, 0.3) is 0 Å². The van der Waals surface area contributed by atoms with E-state index in [4.69, 9.17) is 0 Å². The molecule has 160 valence electrons. The molecule has 3 aromatic rings. The van der Waals surface area contributed by atoms with E-state index in [1.165, 1.54) is 49.6 Å². The quantitative estimate of drug-likeness (QED) is 0.522. The van der Waals surface area contributed by atoms with Crippen molar-refractivity contribution in [2.24, 2.45) is 17.8 Å². The predicted molar refractivity (Wildman–Crippen MR) is 122 cm³/mol. The minimum atomic E-state index is -0.279. The molecule has 2 aliphatic rings. The maximum atomic E-state index is 13.3. The average Bonchev–Trinajstić information content (AvgIpc) is 3.42. The third-order valence-electron chi connectivity index (χ3n) is 6.93. The van der Waals surface area contributed by atoms with Gasteiger partial charge in [0.2, 0.25) is 5.91 Å². The lowest BCUT2D eigenvalue weighted by Crippen LogP contribution is -2.40. The molecule has 1 N–H and O–H groups in total. The molecule has 2 fully saturated rings. The van der Waals surface area contributed by atoms with Crippen LogP contribution in [0.15, 0.2) is 53.6 Å². The molecule has 4 atom stereocenters. The number of amides is 1. The number of hydrogen-bond acceptors (Lipinski definition) is 4. The van der Waals surface area contributed by atoms with Crippen LogP contribution in [0.4, 0.5) is 4.39 Å². The highest BCUT2D eigenvalue weighted by Gasteiger charge is 2.42. The SMILES string of the molecule is C[C@@H](NC(=O)CSc1nnc(-c2ccc(F)cc2)c2ccccc12)[C@@H]1C[C@H]2CC[C@H]1C2. The maximum Gasteiger partial charge on any atom is 0.230 e. The summed E-state index contributed by atoms with van der Waals surface area (Å²) >= 11 is 1.42. The summed E-state index contributed by atoms with van der Waals surface area (Å²) in [6.07, 6.45) is 5.31. The second-order valence-electron chi connectivity index (χ2n) is 8.89. The van der Waals surface area contributed by atoms with Gasteiger partial charge in [0.15, 0.2) is 0 Å². The minimum Gasteiger partial charge on any atom is -0.353 e. The molecule has 0 saturated heterocycles. The number of benzene rings is 2. The zero-order chi connectivity index (χ0) is 21.4. The molecule has 2 saturated carbocycles. The second kappa shape index (κ2) is 8.58. The summed E-state index contributed by atoms with van der Waals surface area (Å²) in [6.45, 7) is 2.15. The van der Waals surface area contributed by atoms with Crippen molar-refractivity contribution in [2.75, 3.05) is 5.75 Å². The number of hydrogen-bond donors (Lipinski definition) is 1. The Kier molecular flexibility index (Phi) is 5.65. The highest BCUT2D eigenvalue weighted by molar-refractivity contribution is 8.00. The van der Waals surface area contributed by atoms with Gasteiger partial charge >= 0.3 is 0 Å². The molecule has 2 bridgehead atoms. The Bertz CT molecular complexity index is 1100. The van der Waals surface area contributed by atoms with Crippen molar-refractivity contribution in [3.8, 4) is 11.3 Å². The summed E-state index contributed by atoms with van der Waals surface area (Å²) in [5.41, 5.74) is 1.54. The first kappa shape index (κ1) is 20.4. The number of thioether (sulfide) groups is 1. The van der Waals surface area contributed by atoms with Gasteiger partial charge in [0, 0.05) is 22.4 Å². The Morgan fingerprint density at radius 3 is 2.58 bits per heavy atom. The monoisotopic (exact) mass is 435 g/mol. The van der Waals surface area contributed by atoms with E-state index in [-0.39, 0.29) is 17.8 Å². The second-order valence-corrected chi connectivity index (χ2v) is 9.85. The summed E-state index contributed by atoms with van der Waals surface area (Å²) in [7, 11) is 0. The summed E-state index contributed by atoms with van der Waals surface area (Å²) in [4.78, 5) is 12.6. The van der Waals surface area contributed by atoms with Crippen LogP contribution < -0.4 is 5.32 Å². The Labute approximate surface area is 186 Å². The van der Waals surface area contributed by atoms with E-state index in [1.807, 2.05) is 24.3 Å². The number of carbonyl (C=O) groups is 1. The molecule has 1 heterocycles. The first-order valence-corrected chi connectivity index (χ1v) is 12.0. The Hall–Kier alpha value is -2.47. The lowest BCUT2D eigenvalue weighted by atomic mass is 9.84. The first-order chi connectivity index (χ1) is 15.1. The molecule has 1 amide bonds. The van der Waals surface area contributed by atoms with Gasteiger partial charge in [0.05, 0.1) is 5.75 Å². The summed E-state index contributed by atoms with van der Waals surface area (Å²) in [5.74, 6) is 2.39. The van der Waals surface area contributed by atoms with Crippen molar-refractivity contribution in [3.63, 3.8) is 0 Å². The highest BCUT2D eigenvalue weighted by atomic mass is 32.2. The molecule has 4 nitrogen and oxygen atoms in total. The van der Waals surface area contributed by atoms with Gasteiger partial charge in [-0.15, -0.1) is 10.2 Å². The van der Waals surface area contributed by atoms with Crippen LogP contribution >= 0.6 is 11.8 Å². The van der Waals surface area contributed by atoms with E-state index in [1.54, 1.807) is 12.1 Å². The molecule has 2 aromatic carbocycles. The lowest BCUT2D eigenvalue weighted by molar-refractivity contribution is -0.119. The summed E-state index contributed by atoms with van der Waals surface area (Å²) in [5, 5.41) is 14.7. The molecular weight excluding hydrogens is 409 g/mol. The number of carbonyl (C=O) groups excluding carboxylic acids is 1. The fourth-order valence-corrected chi connectivity index (χ4v) is 6.23. The van der Waals surface area contributed by atoms with Crippen LogP contribution in [-0.4, -0.2) is 27.9 Å². The standard InChI is InChI=1S/C25H26FN3OS/c1-15(22-13-16-6-7-18(22)12-16)27-23(30)14-31-25-21-5-3-2-4-20(21)24(28-29-25)17-8-10-19(26)11-9-17/h2-5,8-11,15-16,18,22H,6-7,12-14H2,1H3,(H,27,30)/t15-,16+,18+,22+/m1/s1. The van der Waals surface area contributed by atoms with Crippen molar-refractivity contribution in [2.45, 2.75) is 43.7 Å². The molecule has 0 aliphatic heterocycles. The molecule has 5 rings (SSSR count). The number of fused-ring (bicyclic) bond motifs is 3. The largest absolute Gasteiger partial charge is 0.353 e. The Balaban J connectivity index is 1.29. The van der Waals surface area contributed by atoms with Gasteiger partial charge in [-0.2, -0.15) is 0 Å². The summed E-state index contributed by atoms with van der Waals surface area (Å²) < 4.78 is 13.3. The van der Waals surface area contributed by atoms with E-state index in [9.17, 15) is 9.18 Å². The number of rotatable bonds is 6. The van der Waals surface area contributed by atoms with Gasteiger partial charge in [-0.3, -0.25) is 4.79 Å². The fraction of sp³-hybridized carbons (Fsp3) is 0.400. The van der Waals surface area contributed by atoms with Gasteiger partial charge in [0.1, 0.15) is 16.5 Å². The van der Waals surface area contributed by atoms with Gasteiger partial charge in [-0.1, -0.05) is 42.4 Å². The van der Waals surface area contributed by atoms with Crippen molar-refractivity contribution in [3.05, 3.63) is 54.3 Å². The van der Waals surface area contributed by atoms with Gasteiger partial charge < -0.3 is 5.32 Å². The number of nitrogens with one attached hydrogen (secondary N) is 1. The van der Waals surface area contributed by atoms with Crippen molar-refractivity contribution >= 4 is 28.4 Å². The number of aromatic nitrogens is 2. The topological polar surface area (TPSA) is 54.9 Å². The van der Waals surface area contributed by atoms with Crippen LogP contribution in [0.2, 0.25) is 0 Å². The fourth-order valence-electron chi connectivity index (χ4n) is 5.45. The molecule has 0 spiro atoms. The molecule has 6 heteroatoms. The van der Waals surface area contributed by atoms with Crippen LogP contribution in [0.3, 0.4) is 0 Å². The van der Waals surface area contributed by atoms with Crippen LogP contribution in [0.1, 0.15) is 32.6 Å². The van der Waals surface area contributed by atoms with Crippen molar-refractivity contribution in [1.29, 1.82) is 0 Å². The third-order valence-corrected chi connectivity index (χ3v) is 7.92. The minimum absolute atomic E-state index is 0.0498. The number of nitrogens with zero attached hydrogens (tertiary/aromatic N) is 2. The summed E-state index contributed by atoms with van der Waals surface area (Å²) in [6, 6.07) is 14.4. The smallest absolute Gasteiger partial charge is 0.230 e. The van der Waals surface area contributed by atoms with Crippen LogP contribution in [-0.2, 0) is 4.79 Å². The average molecular weight is 436 g/mol. The van der Waals surface area contributed by atoms with Gasteiger partial charge in [-0.25, -0.2) is 4.39 Å². The Morgan fingerprint density at radius 2 is 1.87 bits per heavy atom. The zero-order valence-corrected chi connectivity index (χ0v) is 18.4. The normalized spacial score (nSPS) is 23.2. The van der Waals surface area contributed by atoms with Crippen molar-refractivity contribution in [1.82, 2.24) is 15.5 Å². The van der Waals surface area contributed by atoms with E-state index in [2.05, 4.69) is 22.4 Å². The third kappa shape index (κ3) is 4.18. The Morgan fingerprint density at radius 1 is 1.10 bits per heavy atom. The highest BCUT2D eigenvalue weighted by Crippen LogP contribution is 2.49. The van der Waals surface area contributed by atoms with Gasteiger partial charge in [-0.05, 0) is 68.2 Å². The molecule has 0 unspecified atom stereocenters. The van der Waals surface area contributed by atoms with E-state index in [0.29, 0.717) is 17.4 Å². The zero-order valence-electron chi connectivity index (χ0n) is 17.6. The van der Waals surface area contributed by atoms with E-state index < -0.39 is 0 Å². The maximum absolute atomic E-state index is 13.3. The van der Waals surface area contributed by atoms with Crippen LogP contribution in [0.5, 0.6) is 0 Å². The first-order valence-electron chi connectivity index (χ1n) is 11.0. The van der Waals surface area contributed by atoms with Crippen LogP contribution in [0, 0.1) is 23.6 Å². The van der Waals surface area contributed by atoms with Crippen molar-refractivity contribution < 1.29 is 9.18 Å². The van der Waals surface area contributed by atoms with E-state index >= 15 is 0 Å². The predicted octanol–water partition coefficient (Wildman–Crippen LogP) is 5.47. The molecule has 2 aliphatic carbocycles. The molecular formula is C25H26FN3OS. The van der Waals surface area contributed by atoms with Crippen LogP contribution in [0.25, 0.3) is 22.0 Å². The van der Waals surface area contributed by atoms with E-state index in [0.717, 1.165) is 33.2 Å². The molecule has 0 radical (unpaired) electrons.